The summed E-state index contributed by atoms with van der Waals surface area (Å²) in [5.74, 6) is 1.39. The van der Waals surface area contributed by atoms with E-state index in [1.54, 1.807) is 18.8 Å². The number of rotatable bonds is 6. The second kappa shape index (κ2) is 6.43. The van der Waals surface area contributed by atoms with Gasteiger partial charge in [0.15, 0.2) is 5.82 Å². The van der Waals surface area contributed by atoms with E-state index in [1.165, 1.54) is 11.8 Å². The molecule has 1 N–H and O–H groups in total. The molecule has 0 aliphatic rings. The SMILES string of the molecule is CCNc1cc(Sc2nnnn2C)nc(COC)n1. The van der Waals surface area contributed by atoms with Crippen molar-refractivity contribution >= 4 is 17.6 Å². The van der Waals surface area contributed by atoms with Crippen LogP contribution in [-0.2, 0) is 18.4 Å². The first-order valence-corrected chi connectivity index (χ1v) is 6.55. The molecule has 0 unspecified atom stereocenters. The van der Waals surface area contributed by atoms with E-state index in [4.69, 9.17) is 4.74 Å². The third-order valence-corrected chi connectivity index (χ3v) is 3.10. The average molecular weight is 281 g/mol. The van der Waals surface area contributed by atoms with E-state index in [9.17, 15) is 0 Å². The molecule has 2 aromatic heterocycles. The summed E-state index contributed by atoms with van der Waals surface area (Å²) in [6, 6.07) is 1.86. The molecule has 8 nitrogen and oxygen atoms in total. The number of hydrogen-bond acceptors (Lipinski definition) is 8. The van der Waals surface area contributed by atoms with E-state index >= 15 is 0 Å². The van der Waals surface area contributed by atoms with Gasteiger partial charge < -0.3 is 10.1 Å². The molecule has 0 saturated heterocycles. The van der Waals surface area contributed by atoms with Crippen LogP contribution >= 0.6 is 11.8 Å². The highest BCUT2D eigenvalue weighted by atomic mass is 32.2. The summed E-state index contributed by atoms with van der Waals surface area (Å²) in [5.41, 5.74) is 0. The van der Waals surface area contributed by atoms with E-state index in [-0.39, 0.29) is 0 Å². The van der Waals surface area contributed by atoms with Crippen LogP contribution in [-0.4, -0.2) is 43.8 Å². The van der Waals surface area contributed by atoms with Gasteiger partial charge >= 0.3 is 0 Å². The second-order valence-corrected chi connectivity index (χ2v) is 4.65. The van der Waals surface area contributed by atoms with Crippen molar-refractivity contribution in [1.82, 2.24) is 30.2 Å². The van der Waals surface area contributed by atoms with Gasteiger partial charge in [0.1, 0.15) is 17.5 Å². The van der Waals surface area contributed by atoms with Gasteiger partial charge in [-0.25, -0.2) is 14.6 Å². The van der Waals surface area contributed by atoms with Gasteiger partial charge in [0, 0.05) is 26.8 Å². The average Bonchev–Trinajstić information content (AvgIpc) is 2.76. The van der Waals surface area contributed by atoms with E-state index < -0.39 is 0 Å². The molecule has 0 spiro atoms. The first kappa shape index (κ1) is 13.7. The van der Waals surface area contributed by atoms with Crippen LogP contribution in [0.5, 0.6) is 0 Å². The summed E-state index contributed by atoms with van der Waals surface area (Å²) in [7, 11) is 3.40. The van der Waals surface area contributed by atoms with E-state index in [2.05, 4.69) is 30.8 Å². The number of anilines is 1. The minimum absolute atomic E-state index is 0.365. The molecule has 0 saturated carbocycles. The number of hydrogen-bond donors (Lipinski definition) is 1. The number of aryl methyl sites for hydroxylation is 1. The van der Waals surface area contributed by atoms with Gasteiger partial charge in [0.05, 0.1) is 0 Å². The third-order valence-electron chi connectivity index (χ3n) is 2.16. The standard InChI is InChI=1S/C10H15N7OS/c1-4-11-7-5-9(13-8(12-7)6-18-3)19-10-14-15-16-17(10)2/h5H,4,6H2,1-3H3,(H,11,12,13). The Bertz CT molecular complexity index is 520. The lowest BCUT2D eigenvalue weighted by atomic mass is 10.5. The molecular formula is C10H15N7OS. The highest BCUT2D eigenvalue weighted by Gasteiger charge is 2.09. The van der Waals surface area contributed by atoms with E-state index in [0.717, 1.165) is 17.4 Å². The van der Waals surface area contributed by atoms with Gasteiger partial charge in [0.25, 0.3) is 0 Å². The Morgan fingerprint density at radius 2 is 2.26 bits per heavy atom. The zero-order chi connectivity index (χ0) is 13.7. The molecule has 0 amide bonds. The van der Waals surface area contributed by atoms with Gasteiger partial charge in [-0.05, 0) is 29.1 Å². The first-order valence-electron chi connectivity index (χ1n) is 5.74. The second-order valence-electron chi connectivity index (χ2n) is 3.66. The summed E-state index contributed by atoms with van der Waals surface area (Å²) in [4.78, 5) is 8.74. The Labute approximate surface area is 115 Å². The van der Waals surface area contributed by atoms with Crippen LogP contribution in [0.3, 0.4) is 0 Å². The highest BCUT2D eigenvalue weighted by molar-refractivity contribution is 7.99. The highest BCUT2D eigenvalue weighted by Crippen LogP contribution is 2.24. The van der Waals surface area contributed by atoms with Gasteiger partial charge in [-0.15, -0.1) is 5.10 Å². The molecular weight excluding hydrogens is 266 g/mol. The van der Waals surface area contributed by atoms with Crippen molar-refractivity contribution in [2.45, 2.75) is 23.7 Å². The zero-order valence-corrected chi connectivity index (χ0v) is 11.8. The van der Waals surface area contributed by atoms with Crippen molar-refractivity contribution in [3.8, 4) is 0 Å². The summed E-state index contributed by atoms with van der Waals surface area (Å²) < 4.78 is 6.66. The normalized spacial score (nSPS) is 10.7. The molecule has 0 radical (unpaired) electrons. The van der Waals surface area contributed by atoms with Crippen molar-refractivity contribution in [3.63, 3.8) is 0 Å². The van der Waals surface area contributed by atoms with Crippen LogP contribution in [0.25, 0.3) is 0 Å². The molecule has 9 heteroatoms. The van der Waals surface area contributed by atoms with Crippen molar-refractivity contribution < 1.29 is 4.74 Å². The molecule has 19 heavy (non-hydrogen) atoms. The largest absolute Gasteiger partial charge is 0.377 e. The Kier molecular flexibility index (Phi) is 4.63. The number of aromatic nitrogens is 6. The molecule has 2 rings (SSSR count). The summed E-state index contributed by atoms with van der Waals surface area (Å²) in [5, 5.41) is 15.9. The zero-order valence-electron chi connectivity index (χ0n) is 11.0. The number of tetrazole rings is 1. The lowest BCUT2D eigenvalue weighted by Gasteiger charge is -2.07. The molecule has 0 bridgehead atoms. The lowest BCUT2D eigenvalue weighted by Crippen LogP contribution is -2.05. The number of ether oxygens (including phenoxy) is 1. The van der Waals surface area contributed by atoms with Crippen LogP contribution in [0.1, 0.15) is 12.7 Å². The van der Waals surface area contributed by atoms with Gasteiger partial charge in [0.2, 0.25) is 5.16 Å². The van der Waals surface area contributed by atoms with Crippen LogP contribution in [0.4, 0.5) is 5.82 Å². The molecule has 0 aliphatic carbocycles. The number of methoxy groups -OCH3 is 1. The predicted octanol–water partition coefficient (Wildman–Crippen LogP) is 0.729. The Balaban J connectivity index is 2.25. The fourth-order valence-electron chi connectivity index (χ4n) is 1.39. The van der Waals surface area contributed by atoms with Crippen LogP contribution < -0.4 is 5.32 Å². The maximum atomic E-state index is 5.07. The van der Waals surface area contributed by atoms with Gasteiger partial charge in [-0.2, -0.15) is 0 Å². The number of nitrogens with zero attached hydrogens (tertiary/aromatic N) is 6. The summed E-state index contributed by atoms with van der Waals surface area (Å²) in [6.07, 6.45) is 0. The lowest BCUT2D eigenvalue weighted by molar-refractivity contribution is 0.177. The van der Waals surface area contributed by atoms with Gasteiger partial charge in [-0.3, -0.25) is 0 Å². The van der Waals surface area contributed by atoms with Gasteiger partial charge in [-0.1, -0.05) is 0 Å². The monoisotopic (exact) mass is 281 g/mol. The van der Waals surface area contributed by atoms with Crippen molar-refractivity contribution in [3.05, 3.63) is 11.9 Å². The minimum atomic E-state index is 0.365. The Morgan fingerprint density at radius 1 is 1.42 bits per heavy atom. The van der Waals surface area contributed by atoms with E-state index in [1.807, 2.05) is 13.0 Å². The first-order chi connectivity index (χ1) is 9.22. The Morgan fingerprint density at radius 3 is 2.89 bits per heavy atom. The molecule has 0 aliphatic heterocycles. The molecule has 2 aromatic rings. The van der Waals surface area contributed by atoms with Crippen molar-refractivity contribution in [2.24, 2.45) is 7.05 Å². The Hall–Kier alpha value is -1.74. The molecule has 2 heterocycles. The molecule has 0 aromatic carbocycles. The van der Waals surface area contributed by atoms with Crippen molar-refractivity contribution in [2.75, 3.05) is 19.0 Å². The third kappa shape index (κ3) is 3.61. The molecule has 0 fully saturated rings. The van der Waals surface area contributed by atoms with Crippen LogP contribution in [0, 0.1) is 0 Å². The van der Waals surface area contributed by atoms with Crippen molar-refractivity contribution in [1.29, 1.82) is 0 Å². The fourth-order valence-corrected chi connectivity index (χ4v) is 2.15. The predicted molar refractivity (Wildman–Crippen MR) is 69.8 cm³/mol. The maximum Gasteiger partial charge on any atom is 0.215 e. The molecule has 0 atom stereocenters. The number of nitrogens with one attached hydrogen (secondary N) is 1. The quantitative estimate of drug-likeness (QED) is 0.775. The fraction of sp³-hybridized carbons (Fsp3) is 0.500. The van der Waals surface area contributed by atoms with E-state index in [0.29, 0.717) is 17.6 Å². The summed E-state index contributed by atoms with van der Waals surface area (Å²) in [6.45, 7) is 3.17. The van der Waals surface area contributed by atoms with Crippen LogP contribution in [0.15, 0.2) is 16.2 Å². The smallest absolute Gasteiger partial charge is 0.215 e. The minimum Gasteiger partial charge on any atom is -0.377 e. The molecule has 102 valence electrons. The topological polar surface area (TPSA) is 90.6 Å². The van der Waals surface area contributed by atoms with Crippen LogP contribution in [0.2, 0.25) is 0 Å². The summed E-state index contributed by atoms with van der Waals surface area (Å²) >= 11 is 1.38. The maximum absolute atomic E-state index is 5.07.